The number of hydrogen-bond acceptors (Lipinski definition) is 3. The van der Waals surface area contributed by atoms with Crippen LogP contribution in [0.5, 0.6) is 0 Å². The van der Waals surface area contributed by atoms with Crippen molar-refractivity contribution < 1.29 is 9.53 Å². The van der Waals surface area contributed by atoms with Gasteiger partial charge in [-0.3, -0.25) is 4.79 Å². The summed E-state index contributed by atoms with van der Waals surface area (Å²) in [4.78, 5) is 11.9. The van der Waals surface area contributed by atoms with Crippen LogP contribution in [0.1, 0.15) is 45.4 Å². The molecule has 3 heteroatoms. The molecule has 3 nitrogen and oxygen atoms in total. The Kier molecular flexibility index (Phi) is 4.08. The summed E-state index contributed by atoms with van der Waals surface area (Å²) in [7, 11) is 1.51. The molecule has 1 aliphatic heterocycles. The summed E-state index contributed by atoms with van der Waals surface area (Å²) in [6.07, 6.45) is 7.56. The predicted molar refractivity (Wildman–Crippen MR) is 67.7 cm³/mol. The molecule has 17 heavy (non-hydrogen) atoms. The average molecular weight is 239 g/mol. The molecule has 0 bridgehead atoms. The van der Waals surface area contributed by atoms with E-state index in [9.17, 15) is 4.79 Å². The van der Waals surface area contributed by atoms with E-state index < -0.39 is 0 Å². The summed E-state index contributed by atoms with van der Waals surface area (Å²) in [5, 5.41) is 3.41. The van der Waals surface area contributed by atoms with Gasteiger partial charge in [0.2, 0.25) is 0 Å². The van der Waals surface area contributed by atoms with Crippen molar-refractivity contribution in [3.63, 3.8) is 0 Å². The molecule has 2 rings (SSSR count). The number of rotatable bonds is 2. The third kappa shape index (κ3) is 2.49. The minimum Gasteiger partial charge on any atom is -0.469 e. The third-order valence-corrected chi connectivity index (χ3v) is 4.97. The first-order valence-electron chi connectivity index (χ1n) is 7.00. The zero-order valence-corrected chi connectivity index (χ0v) is 11.1. The maximum atomic E-state index is 11.9. The van der Waals surface area contributed by atoms with E-state index in [0.29, 0.717) is 0 Å². The Morgan fingerprint density at radius 1 is 1.41 bits per heavy atom. The van der Waals surface area contributed by atoms with Crippen LogP contribution in [0.2, 0.25) is 0 Å². The normalized spacial score (nSPS) is 38.0. The Morgan fingerprint density at radius 3 is 2.94 bits per heavy atom. The molecule has 2 aliphatic rings. The quantitative estimate of drug-likeness (QED) is 0.752. The van der Waals surface area contributed by atoms with Gasteiger partial charge in [-0.1, -0.05) is 26.2 Å². The van der Waals surface area contributed by atoms with Gasteiger partial charge in [0.25, 0.3) is 0 Å². The SMILES string of the molecule is CCC1CCCC2(CC1)CNCC2C(=O)OC. The second-order valence-electron chi connectivity index (χ2n) is 5.77. The van der Waals surface area contributed by atoms with E-state index in [1.807, 2.05) is 0 Å². The maximum absolute atomic E-state index is 11.9. The predicted octanol–water partition coefficient (Wildman–Crippen LogP) is 2.36. The molecule has 0 radical (unpaired) electrons. The Bertz CT molecular complexity index is 279. The first-order chi connectivity index (χ1) is 8.22. The van der Waals surface area contributed by atoms with Crippen molar-refractivity contribution in [3.8, 4) is 0 Å². The lowest BCUT2D eigenvalue weighted by Gasteiger charge is -2.32. The van der Waals surface area contributed by atoms with Gasteiger partial charge in [0, 0.05) is 13.1 Å². The monoisotopic (exact) mass is 239 g/mol. The fraction of sp³-hybridized carbons (Fsp3) is 0.929. The van der Waals surface area contributed by atoms with Gasteiger partial charge in [0.15, 0.2) is 0 Å². The number of carbonyl (C=O) groups is 1. The molecule has 3 unspecified atom stereocenters. The fourth-order valence-electron chi connectivity index (χ4n) is 3.72. The number of carbonyl (C=O) groups excluding carboxylic acids is 1. The Morgan fingerprint density at radius 2 is 2.24 bits per heavy atom. The molecule has 1 N–H and O–H groups in total. The van der Waals surface area contributed by atoms with Crippen LogP contribution in [0.3, 0.4) is 0 Å². The molecule has 2 fully saturated rings. The van der Waals surface area contributed by atoms with Gasteiger partial charge in [-0.2, -0.15) is 0 Å². The van der Waals surface area contributed by atoms with E-state index in [1.54, 1.807) is 0 Å². The topological polar surface area (TPSA) is 38.3 Å². The molecular weight excluding hydrogens is 214 g/mol. The largest absolute Gasteiger partial charge is 0.469 e. The molecule has 1 saturated heterocycles. The van der Waals surface area contributed by atoms with Gasteiger partial charge >= 0.3 is 5.97 Å². The first kappa shape index (κ1) is 12.9. The molecular formula is C14H25NO2. The molecule has 1 saturated carbocycles. The molecule has 1 aliphatic carbocycles. The second-order valence-corrected chi connectivity index (χ2v) is 5.77. The summed E-state index contributed by atoms with van der Waals surface area (Å²) >= 11 is 0. The van der Waals surface area contributed by atoms with Gasteiger partial charge in [-0.15, -0.1) is 0 Å². The van der Waals surface area contributed by atoms with Gasteiger partial charge in [-0.25, -0.2) is 0 Å². The van der Waals surface area contributed by atoms with Gasteiger partial charge in [0.1, 0.15) is 0 Å². The highest BCUT2D eigenvalue weighted by molar-refractivity contribution is 5.74. The summed E-state index contributed by atoms with van der Waals surface area (Å²) < 4.78 is 4.98. The molecule has 1 heterocycles. The summed E-state index contributed by atoms with van der Waals surface area (Å²) in [6.45, 7) is 4.10. The fourth-order valence-corrected chi connectivity index (χ4v) is 3.72. The number of nitrogens with one attached hydrogen (secondary N) is 1. The molecule has 98 valence electrons. The van der Waals surface area contributed by atoms with E-state index in [-0.39, 0.29) is 17.3 Å². The van der Waals surface area contributed by atoms with Crippen LogP contribution in [-0.4, -0.2) is 26.2 Å². The minimum absolute atomic E-state index is 0.00931. The highest BCUT2D eigenvalue weighted by atomic mass is 16.5. The summed E-state index contributed by atoms with van der Waals surface area (Å²) in [6, 6.07) is 0. The summed E-state index contributed by atoms with van der Waals surface area (Å²) in [5.41, 5.74) is 0.191. The second kappa shape index (κ2) is 5.38. The zero-order chi connectivity index (χ0) is 12.3. The molecule has 0 aromatic rings. The molecule has 3 atom stereocenters. The smallest absolute Gasteiger partial charge is 0.310 e. The van der Waals surface area contributed by atoms with Crippen LogP contribution in [0.4, 0.5) is 0 Å². The van der Waals surface area contributed by atoms with E-state index >= 15 is 0 Å². The van der Waals surface area contributed by atoms with Gasteiger partial charge < -0.3 is 10.1 Å². The number of hydrogen-bond donors (Lipinski definition) is 1. The highest BCUT2D eigenvalue weighted by Gasteiger charge is 2.47. The number of methoxy groups -OCH3 is 1. The minimum atomic E-state index is -0.00931. The third-order valence-electron chi connectivity index (χ3n) is 4.97. The van der Waals surface area contributed by atoms with Gasteiger partial charge in [-0.05, 0) is 30.6 Å². The summed E-state index contributed by atoms with van der Waals surface area (Å²) in [5.74, 6) is 0.946. The lowest BCUT2D eigenvalue weighted by molar-refractivity contribution is -0.148. The number of ether oxygens (including phenoxy) is 1. The van der Waals surface area contributed by atoms with Crippen molar-refractivity contribution in [2.75, 3.05) is 20.2 Å². The maximum Gasteiger partial charge on any atom is 0.310 e. The average Bonchev–Trinajstić information content (AvgIpc) is 2.64. The first-order valence-corrected chi connectivity index (χ1v) is 7.00. The molecule has 0 aromatic heterocycles. The van der Waals surface area contributed by atoms with E-state index in [1.165, 1.54) is 45.6 Å². The van der Waals surface area contributed by atoms with Crippen LogP contribution in [-0.2, 0) is 9.53 Å². The van der Waals surface area contributed by atoms with Crippen molar-refractivity contribution in [2.45, 2.75) is 45.4 Å². The Balaban J connectivity index is 2.08. The van der Waals surface area contributed by atoms with Gasteiger partial charge in [0.05, 0.1) is 13.0 Å². The van der Waals surface area contributed by atoms with Crippen molar-refractivity contribution in [3.05, 3.63) is 0 Å². The van der Waals surface area contributed by atoms with Crippen LogP contribution >= 0.6 is 0 Å². The van der Waals surface area contributed by atoms with Crippen molar-refractivity contribution in [1.29, 1.82) is 0 Å². The zero-order valence-electron chi connectivity index (χ0n) is 11.1. The van der Waals surface area contributed by atoms with E-state index in [2.05, 4.69) is 12.2 Å². The van der Waals surface area contributed by atoms with Crippen LogP contribution < -0.4 is 5.32 Å². The van der Waals surface area contributed by atoms with E-state index in [4.69, 9.17) is 4.74 Å². The molecule has 0 aromatic carbocycles. The van der Waals surface area contributed by atoms with Crippen LogP contribution in [0.15, 0.2) is 0 Å². The Hall–Kier alpha value is -0.570. The van der Waals surface area contributed by atoms with Crippen molar-refractivity contribution in [2.24, 2.45) is 17.3 Å². The molecule has 0 amide bonds. The lowest BCUT2D eigenvalue weighted by Crippen LogP contribution is -2.35. The Labute approximate surface area is 104 Å². The van der Waals surface area contributed by atoms with Crippen LogP contribution in [0.25, 0.3) is 0 Å². The standard InChI is InChI=1S/C14H25NO2/c1-3-11-5-4-7-14(8-6-11)10-15-9-12(14)13(16)17-2/h11-12,15H,3-10H2,1-2H3. The van der Waals surface area contributed by atoms with Crippen molar-refractivity contribution >= 4 is 5.97 Å². The molecule has 1 spiro atoms. The van der Waals surface area contributed by atoms with E-state index in [0.717, 1.165) is 19.0 Å². The highest BCUT2D eigenvalue weighted by Crippen LogP contribution is 2.45. The number of esters is 1. The van der Waals surface area contributed by atoms with Crippen molar-refractivity contribution in [1.82, 2.24) is 5.32 Å². The van der Waals surface area contributed by atoms with Crippen LogP contribution in [0, 0.1) is 17.3 Å². The lowest BCUT2D eigenvalue weighted by atomic mass is 9.72.